The van der Waals surface area contributed by atoms with Crippen LogP contribution in [0.3, 0.4) is 0 Å². The molecule has 0 aliphatic heterocycles. The Morgan fingerprint density at radius 2 is 1.86 bits per heavy atom. The molecule has 2 N–H and O–H groups in total. The molecule has 0 aliphatic carbocycles. The number of aromatic nitrogens is 2. The van der Waals surface area contributed by atoms with E-state index in [1.165, 1.54) is 11.1 Å². The number of hydrogen-bond donors (Lipinski definition) is 2. The lowest BCUT2D eigenvalue weighted by atomic mass is 10.1. The van der Waals surface area contributed by atoms with Gasteiger partial charge in [-0.3, -0.25) is 0 Å². The molecule has 0 fully saturated rings. The van der Waals surface area contributed by atoms with Crippen LogP contribution in [0.5, 0.6) is 5.75 Å². The van der Waals surface area contributed by atoms with Gasteiger partial charge in [0.15, 0.2) is 0 Å². The van der Waals surface area contributed by atoms with E-state index in [1.807, 2.05) is 26.0 Å². The van der Waals surface area contributed by atoms with Crippen LogP contribution in [0.1, 0.15) is 22.5 Å². The minimum absolute atomic E-state index is 0.199. The monoisotopic (exact) mass is 289 g/mol. The first-order valence-electron chi connectivity index (χ1n) is 6.95. The summed E-state index contributed by atoms with van der Waals surface area (Å²) in [7, 11) is 0. The highest BCUT2D eigenvalue weighted by Crippen LogP contribution is 2.22. The maximum absolute atomic E-state index is 9.40. The zero-order chi connectivity index (χ0) is 15.7. The summed E-state index contributed by atoms with van der Waals surface area (Å²) in [5.41, 5.74) is 5.42. The van der Waals surface area contributed by atoms with Crippen molar-refractivity contribution < 1.29 is 5.11 Å². The van der Waals surface area contributed by atoms with Crippen LogP contribution < -0.4 is 0 Å². The molecule has 3 rings (SSSR count). The topological polar surface area (TPSA) is 72.7 Å². The number of benzene rings is 2. The Morgan fingerprint density at radius 1 is 1.18 bits per heavy atom. The maximum Gasteiger partial charge on any atom is 0.149 e. The second kappa shape index (κ2) is 5.38. The lowest BCUT2D eigenvalue weighted by Crippen LogP contribution is -1.84. The number of aromatic hydroxyl groups is 1. The summed E-state index contributed by atoms with van der Waals surface area (Å²) in [5, 5.41) is 18.7. The summed E-state index contributed by atoms with van der Waals surface area (Å²) in [5.74, 6) is 0.751. The van der Waals surface area contributed by atoms with E-state index in [-0.39, 0.29) is 5.75 Å². The van der Waals surface area contributed by atoms with Gasteiger partial charge in [-0.05, 0) is 60.9 Å². The minimum atomic E-state index is 0.199. The van der Waals surface area contributed by atoms with Crippen LogP contribution in [-0.2, 0) is 0 Å². The van der Waals surface area contributed by atoms with Crippen LogP contribution in [0.2, 0.25) is 0 Å². The molecular formula is C18H15N3O. The quantitative estimate of drug-likeness (QED) is 0.701. The van der Waals surface area contributed by atoms with Crippen molar-refractivity contribution in [3.05, 3.63) is 58.9 Å². The average molecular weight is 289 g/mol. The van der Waals surface area contributed by atoms with Gasteiger partial charge in [0.2, 0.25) is 0 Å². The normalized spacial score (nSPS) is 11.6. The predicted octanol–water partition coefficient (Wildman–Crippen LogP) is 3.95. The average Bonchev–Trinajstić information content (AvgIpc) is 2.89. The van der Waals surface area contributed by atoms with Crippen molar-refractivity contribution in [1.29, 1.82) is 5.26 Å². The summed E-state index contributed by atoms with van der Waals surface area (Å²) in [6.45, 7) is 4.09. The molecule has 0 atom stereocenters. The molecule has 4 nitrogen and oxygen atoms in total. The van der Waals surface area contributed by atoms with E-state index in [0.717, 1.165) is 16.6 Å². The highest BCUT2D eigenvalue weighted by molar-refractivity contribution is 5.90. The van der Waals surface area contributed by atoms with Gasteiger partial charge in [0, 0.05) is 0 Å². The Balaban J connectivity index is 2.07. The minimum Gasteiger partial charge on any atom is -0.508 e. The number of nitrogens with one attached hydrogen (secondary N) is 1. The molecule has 4 heteroatoms. The number of aromatic amines is 1. The molecule has 0 radical (unpaired) electrons. The van der Waals surface area contributed by atoms with E-state index >= 15 is 0 Å². The molecule has 2 aromatic carbocycles. The molecule has 0 amide bonds. The number of nitrogens with zero attached hydrogens (tertiary/aromatic N) is 2. The number of allylic oxidation sites excluding steroid dienone is 1. The predicted molar refractivity (Wildman–Crippen MR) is 87.2 cm³/mol. The number of nitriles is 1. The van der Waals surface area contributed by atoms with Gasteiger partial charge in [0.25, 0.3) is 0 Å². The number of imidazole rings is 1. The summed E-state index contributed by atoms with van der Waals surface area (Å²) < 4.78 is 0. The van der Waals surface area contributed by atoms with Crippen molar-refractivity contribution in [2.45, 2.75) is 13.8 Å². The molecule has 108 valence electrons. The molecule has 0 saturated carbocycles. The number of phenols is 1. The molecule has 3 aromatic rings. The van der Waals surface area contributed by atoms with Crippen LogP contribution in [0, 0.1) is 25.2 Å². The number of aryl methyl sites for hydroxylation is 2. The zero-order valence-electron chi connectivity index (χ0n) is 12.4. The zero-order valence-corrected chi connectivity index (χ0v) is 12.4. The molecular weight excluding hydrogens is 274 g/mol. The first-order valence-corrected chi connectivity index (χ1v) is 6.95. The van der Waals surface area contributed by atoms with E-state index in [2.05, 4.69) is 16.0 Å². The molecule has 0 aliphatic rings. The Kier molecular flexibility index (Phi) is 3.40. The van der Waals surface area contributed by atoms with E-state index < -0.39 is 0 Å². The highest BCUT2D eigenvalue weighted by Gasteiger charge is 2.09. The van der Waals surface area contributed by atoms with Gasteiger partial charge in [-0.2, -0.15) is 5.26 Å². The van der Waals surface area contributed by atoms with Gasteiger partial charge in [0.1, 0.15) is 17.6 Å². The van der Waals surface area contributed by atoms with Crippen molar-refractivity contribution in [1.82, 2.24) is 9.97 Å². The largest absolute Gasteiger partial charge is 0.508 e. The van der Waals surface area contributed by atoms with Gasteiger partial charge in [-0.25, -0.2) is 4.98 Å². The molecule has 0 spiro atoms. The second-order valence-electron chi connectivity index (χ2n) is 5.30. The number of hydrogen-bond acceptors (Lipinski definition) is 3. The third-order valence-corrected chi connectivity index (χ3v) is 3.68. The standard InChI is InChI=1S/C18H15N3O/c1-11-7-16-17(8-12(11)2)21-18(20-16)14(10-19)9-13-3-5-15(22)6-4-13/h3-9,22H,1-2H3,(H,20,21)/b14-9+. The maximum atomic E-state index is 9.40. The number of fused-ring (bicyclic) bond motifs is 1. The SMILES string of the molecule is Cc1cc2nc(/C(C#N)=C/c3ccc(O)cc3)[nH]c2cc1C. The summed E-state index contributed by atoms with van der Waals surface area (Å²) in [6, 6.07) is 12.9. The van der Waals surface area contributed by atoms with Crippen LogP contribution in [0.4, 0.5) is 0 Å². The van der Waals surface area contributed by atoms with E-state index in [0.29, 0.717) is 11.4 Å². The van der Waals surface area contributed by atoms with Gasteiger partial charge in [0.05, 0.1) is 16.6 Å². The van der Waals surface area contributed by atoms with E-state index in [1.54, 1.807) is 30.3 Å². The second-order valence-corrected chi connectivity index (χ2v) is 5.30. The van der Waals surface area contributed by atoms with Crippen LogP contribution >= 0.6 is 0 Å². The highest BCUT2D eigenvalue weighted by atomic mass is 16.3. The fraction of sp³-hybridized carbons (Fsp3) is 0.111. The van der Waals surface area contributed by atoms with Crippen molar-refractivity contribution in [2.75, 3.05) is 0 Å². The van der Waals surface area contributed by atoms with Crippen molar-refractivity contribution in [2.24, 2.45) is 0 Å². The lowest BCUT2D eigenvalue weighted by molar-refractivity contribution is 0.475. The van der Waals surface area contributed by atoms with Crippen molar-refractivity contribution in [3.63, 3.8) is 0 Å². The molecule has 0 saturated heterocycles. The molecule has 22 heavy (non-hydrogen) atoms. The first kappa shape index (κ1) is 13.9. The van der Waals surface area contributed by atoms with Gasteiger partial charge in [-0.1, -0.05) is 12.1 Å². The third-order valence-electron chi connectivity index (χ3n) is 3.68. The smallest absolute Gasteiger partial charge is 0.149 e. The molecule has 1 heterocycles. The molecule has 0 unspecified atom stereocenters. The molecule has 0 bridgehead atoms. The summed E-state index contributed by atoms with van der Waals surface area (Å²) in [6.07, 6.45) is 1.75. The Bertz CT molecular complexity index is 873. The number of rotatable bonds is 2. The molecule has 1 aromatic heterocycles. The third kappa shape index (κ3) is 2.57. The Hall–Kier alpha value is -3.06. The first-order chi connectivity index (χ1) is 10.6. The summed E-state index contributed by atoms with van der Waals surface area (Å²) in [4.78, 5) is 7.70. The van der Waals surface area contributed by atoms with Crippen LogP contribution in [0.25, 0.3) is 22.7 Å². The van der Waals surface area contributed by atoms with Crippen molar-refractivity contribution >= 4 is 22.7 Å². The Labute approximate surface area is 128 Å². The van der Waals surface area contributed by atoms with Gasteiger partial charge in [-0.15, -0.1) is 0 Å². The van der Waals surface area contributed by atoms with Gasteiger partial charge >= 0.3 is 0 Å². The van der Waals surface area contributed by atoms with Crippen molar-refractivity contribution in [3.8, 4) is 11.8 Å². The summed E-state index contributed by atoms with van der Waals surface area (Å²) >= 11 is 0. The Morgan fingerprint density at radius 3 is 2.55 bits per heavy atom. The van der Waals surface area contributed by atoms with Crippen LogP contribution in [-0.4, -0.2) is 15.1 Å². The lowest BCUT2D eigenvalue weighted by Gasteiger charge is -1.97. The van der Waals surface area contributed by atoms with E-state index in [9.17, 15) is 10.4 Å². The van der Waals surface area contributed by atoms with Gasteiger partial charge < -0.3 is 10.1 Å². The van der Waals surface area contributed by atoms with Crippen LogP contribution in [0.15, 0.2) is 36.4 Å². The number of phenolic OH excluding ortho intramolecular Hbond substituents is 1. The fourth-order valence-electron chi connectivity index (χ4n) is 2.29. The fourth-order valence-corrected chi connectivity index (χ4v) is 2.29. The van der Waals surface area contributed by atoms with E-state index in [4.69, 9.17) is 0 Å². The number of H-pyrrole nitrogens is 1.